The maximum Gasteiger partial charge on any atom is 0.424 e. The fourth-order valence-electron chi connectivity index (χ4n) is 5.04. The molecule has 5 atom stereocenters. The molecule has 40 heavy (non-hydrogen) atoms. The van der Waals surface area contributed by atoms with Gasteiger partial charge in [0.1, 0.15) is 17.5 Å². The van der Waals surface area contributed by atoms with Gasteiger partial charge >= 0.3 is 19.2 Å². The van der Waals surface area contributed by atoms with Crippen LogP contribution in [0.1, 0.15) is 97.6 Å². The van der Waals surface area contributed by atoms with Gasteiger partial charge in [0.25, 0.3) is 0 Å². The molecule has 8 nitrogen and oxygen atoms in total. The van der Waals surface area contributed by atoms with Crippen LogP contribution in [0, 0.1) is 11.8 Å². The summed E-state index contributed by atoms with van der Waals surface area (Å²) in [6.07, 6.45) is 6.58. The van der Waals surface area contributed by atoms with Crippen LogP contribution in [0.4, 0.5) is 9.18 Å². The van der Waals surface area contributed by atoms with Gasteiger partial charge in [0.05, 0.1) is 19.4 Å². The molecular weight excluding hydrogens is 536 g/mol. The van der Waals surface area contributed by atoms with Crippen molar-refractivity contribution in [3.05, 3.63) is 34.9 Å². The average Bonchev–Trinajstić information content (AvgIpc) is 2.88. The average molecular weight is 584 g/mol. The van der Waals surface area contributed by atoms with Crippen molar-refractivity contribution in [3.63, 3.8) is 0 Å². The van der Waals surface area contributed by atoms with Gasteiger partial charge in [-0.1, -0.05) is 38.3 Å². The van der Waals surface area contributed by atoms with E-state index in [-0.39, 0.29) is 29.9 Å². The standard InChI is InChI=1S/C30H47FNO7P/c1-8-10-11-12-23-16-26(33)28(25-15-20(5)13-14-24(25)21(6)18-31)27(17-23)39-40(36,30(35)37-9-2)32-22(7)29(34)38-19(3)4/h15-17,19,21-22,24-25,33H,8-14,18H2,1-7H3,(H,32,36). The van der Waals surface area contributed by atoms with Crippen molar-refractivity contribution in [2.45, 2.75) is 105 Å². The van der Waals surface area contributed by atoms with E-state index >= 15 is 0 Å². The minimum atomic E-state index is -4.54. The summed E-state index contributed by atoms with van der Waals surface area (Å²) in [5.74, 6) is -1.61. The highest BCUT2D eigenvalue weighted by molar-refractivity contribution is 7.74. The van der Waals surface area contributed by atoms with E-state index in [2.05, 4.69) is 12.0 Å². The number of allylic oxidation sites excluding steroid dienone is 2. The van der Waals surface area contributed by atoms with E-state index in [9.17, 15) is 23.7 Å². The van der Waals surface area contributed by atoms with Crippen molar-refractivity contribution >= 4 is 19.2 Å². The van der Waals surface area contributed by atoms with Gasteiger partial charge in [-0.15, -0.1) is 0 Å². The first-order valence-electron chi connectivity index (χ1n) is 14.4. The molecular formula is C30H47FNO7P. The highest BCUT2D eigenvalue weighted by Gasteiger charge is 2.42. The number of carbonyl (C=O) groups is 2. The van der Waals surface area contributed by atoms with E-state index < -0.39 is 43.9 Å². The first kappa shape index (κ1) is 33.8. The molecule has 2 N–H and O–H groups in total. The molecule has 0 spiro atoms. The summed E-state index contributed by atoms with van der Waals surface area (Å²) in [6, 6.07) is 2.20. The maximum atomic E-state index is 14.2. The lowest BCUT2D eigenvalue weighted by atomic mass is 9.71. The number of halogens is 1. The van der Waals surface area contributed by atoms with Crippen molar-refractivity contribution < 1.29 is 37.6 Å². The number of unbranched alkanes of at least 4 members (excludes halogenated alkanes) is 2. The summed E-state index contributed by atoms with van der Waals surface area (Å²) in [4.78, 5) is 25.6. The number of nitrogens with one attached hydrogen (secondary N) is 1. The molecule has 1 aromatic rings. The minimum Gasteiger partial charge on any atom is -0.507 e. The van der Waals surface area contributed by atoms with Gasteiger partial charge in [-0.2, -0.15) is 0 Å². The number of rotatable bonds is 15. The third-order valence-electron chi connectivity index (χ3n) is 7.16. The molecule has 0 aliphatic heterocycles. The number of ether oxygens (including phenoxy) is 2. The van der Waals surface area contributed by atoms with E-state index in [1.54, 1.807) is 32.9 Å². The minimum absolute atomic E-state index is 0.0480. The summed E-state index contributed by atoms with van der Waals surface area (Å²) in [5, 5.41) is 13.9. The molecule has 10 heteroatoms. The van der Waals surface area contributed by atoms with Crippen LogP contribution in [0.15, 0.2) is 23.8 Å². The number of phenols is 1. The smallest absolute Gasteiger partial charge is 0.424 e. The number of alkyl halides is 1. The quantitative estimate of drug-likeness (QED) is 0.0930. The Labute approximate surface area is 238 Å². The predicted octanol–water partition coefficient (Wildman–Crippen LogP) is 7.83. The van der Waals surface area contributed by atoms with Crippen LogP contribution in [0.5, 0.6) is 11.5 Å². The summed E-state index contributed by atoms with van der Waals surface area (Å²) in [6.45, 7) is 11.7. The SMILES string of the molecule is CCCCCc1cc(O)c(C2C=C(C)CCC2C(C)CF)c(OP(=O)(NC(C)C(=O)OC(C)C)C(=O)OCC)c1. The van der Waals surface area contributed by atoms with Gasteiger partial charge < -0.3 is 19.1 Å². The second-order valence-electron chi connectivity index (χ2n) is 11.0. The molecule has 0 saturated heterocycles. The lowest BCUT2D eigenvalue weighted by Crippen LogP contribution is -2.37. The Morgan fingerprint density at radius 2 is 1.88 bits per heavy atom. The van der Waals surface area contributed by atoms with Crippen molar-refractivity contribution in [2.24, 2.45) is 11.8 Å². The van der Waals surface area contributed by atoms with Gasteiger partial charge in [-0.3, -0.25) is 9.18 Å². The summed E-state index contributed by atoms with van der Waals surface area (Å²) >= 11 is 0. The number of carbonyl (C=O) groups excluding carboxylic acids is 2. The number of benzene rings is 1. The zero-order valence-electron chi connectivity index (χ0n) is 25.0. The van der Waals surface area contributed by atoms with Gasteiger partial charge in [0.15, 0.2) is 0 Å². The Morgan fingerprint density at radius 1 is 1.18 bits per heavy atom. The highest BCUT2D eigenvalue weighted by Crippen LogP contribution is 2.53. The van der Waals surface area contributed by atoms with Crippen LogP contribution in [-0.2, 0) is 25.3 Å². The molecule has 1 aliphatic rings. The fourth-order valence-corrected chi connectivity index (χ4v) is 6.62. The monoisotopic (exact) mass is 583 g/mol. The Kier molecular flexibility index (Phi) is 13.2. The lowest BCUT2D eigenvalue weighted by molar-refractivity contribution is -0.149. The van der Waals surface area contributed by atoms with Crippen LogP contribution in [0.25, 0.3) is 0 Å². The Morgan fingerprint density at radius 3 is 2.48 bits per heavy atom. The molecule has 5 unspecified atom stereocenters. The van der Waals surface area contributed by atoms with Gasteiger partial charge in [0, 0.05) is 11.5 Å². The van der Waals surface area contributed by atoms with Crippen LogP contribution in [-0.4, -0.2) is 42.2 Å². The Balaban J connectivity index is 2.66. The van der Waals surface area contributed by atoms with E-state index in [4.69, 9.17) is 14.0 Å². The van der Waals surface area contributed by atoms with E-state index in [0.717, 1.165) is 36.8 Å². The number of aryl methyl sites for hydroxylation is 1. The number of aromatic hydroxyl groups is 1. The molecule has 0 fully saturated rings. The number of phenolic OH excluding ortho intramolecular Hbond substituents is 1. The molecule has 1 aromatic carbocycles. The summed E-state index contributed by atoms with van der Waals surface area (Å²) in [7, 11) is -4.54. The molecule has 0 heterocycles. The largest absolute Gasteiger partial charge is 0.507 e. The zero-order valence-corrected chi connectivity index (χ0v) is 25.9. The second-order valence-corrected chi connectivity index (χ2v) is 12.9. The molecule has 0 amide bonds. The molecule has 0 radical (unpaired) electrons. The summed E-state index contributed by atoms with van der Waals surface area (Å²) in [5.41, 5.74) is 1.03. The zero-order chi connectivity index (χ0) is 30.0. The van der Waals surface area contributed by atoms with Crippen molar-refractivity contribution in [1.82, 2.24) is 5.09 Å². The van der Waals surface area contributed by atoms with Crippen LogP contribution in [0.2, 0.25) is 0 Å². The first-order chi connectivity index (χ1) is 18.9. The second kappa shape index (κ2) is 15.6. The first-order valence-corrected chi connectivity index (χ1v) is 16.0. The van der Waals surface area contributed by atoms with E-state index in [0.29, 0.717) is 18.4 Å². The molecule has 0 saturated carbocycles. The van der Waals surface area contributed by atoms with Crippen molar-refractivity contribution in [2.75, 3.05) is 13.3 Å². The fraction of sp³-hybridized carbons (Fsp3) is 0.667. The van der Waals surface area contributed by atoms with Crippen molar-refractivity contribution in [1.29, 1.82) is 0 Å². The molecule has 2 rings (SSSR count). The van der Waals surface area contributed by atoms with Crippen LogP contribution in [0.3, 0.4) is 0 Å². The van der Waals surface area contributed by atoms with Gasteiger partial charge in [-0.25, -0.2) is 14.4 Å². The lowest BCUT2D eigenvalue weighted by Gasteiger charge is -2.35. The number of hydrogen-bond acceptors (Lipinski definition) is 7. The predicted molar refractivity (Wildman–Crippen MR) is 155 cm³/mol. The topological polar surface area (TPSA) is 111 Å². The van der Waals surface area contributed by atoms with Gasteiger partial charge in [-0.05, 0) is 89.8 Å². The Hall–Kier alpha value is -2.38. The summed E-state index contributed by atoms with van der Waals surface area (Å²) < 4.78 is 44.4. The normalized spacial score (nSPS) is 20.3. The third-order valence-corrected chi connectivity index (χ3v) is 8.95. The number of hydrogen-bond donors (Lipinski definition) is 2. The molecule has 226 valence electrons. The molecule has 1 aliphatic carbocycles. The third kappa shape index (κ3) is 9.07. The van der Waals surface area contributed by atoms with Crippen LogP contribution < -0.4 is 9.61 Å². The van der Waals surface area contributed by atoms with E-state index in [1.807, 2.05) is 19.9 Å². The van der Waals surface area contributed by atoms with E-state index in [1.165, 1.54) is 6.92 Å². The van der Waals surface area contributed by atoms with Crippen LogP contribution >= 0.6 is 7.52 Å². The Bertz CT molecular complexity index is 1090. The molecule has 0 bridgehead atoms. The molecule has 0 aromatic heterocycles. The number of esters is 1. The van der Waals surface area contributed by atoms with Gasteiger partial charge in [0.2, 0.25) is 0 Å². The maximum absolute atomic E-state index is 14.2. The van der Waals surface area contributed by atoms with Crippen molar-refractivity contribution in [3.8, 4) is 11.5 Å². The highest BCUT2D eigenvalue weighted by atomic mass is 31.2.